The van der Waals surface area contributed by atoms with Crippen molar-refractivity contribution in [3.8, 4) is 0 Å². The van der Waals surface area contributed by atoms with Gasteiger partial charge in [-0.3, -0.25) is 4.79 Å². The maximum atomic E-state index is 13.0. The Morgan fingerprint density at radius 1 is 1.08 bits per heavy atom. The molecule has 142 valence electrons. The average molecular weight is 381 g/mol. The summed E-state index contributed by atoms with van der Waals surface area (Å²) in [5, 5.41) is 5.10. The van der Waals surface area contributed by atoms with Gasteiger partial charge in [0.1, 0.15) is 5.25 Å². The van der Waals surface area contributed by atoms with Gasteiger partial charge in [0.2, 0.25) is 5.91 Å². The summed E-state index contributed by atoms with van der Waals surface area (Å²) in [5.74, 6) is -0.500. The zero-order chi connectivity index (χ0) is 17.0. The second-order valence-corrected chi connectivity index (χ2v) is 9.87. The fourth-order valence-corrected chi connectivity index (χ4v) is 6.47. The van der Waals surface area contributed by atoms with E-state index in [1.807, 2.05) is 20.8 Å². The molecule has 3 atom stereocenters. The standard InChI is InChI=1S/C17H32N2O3S.ClH/c1-12(2)16(23(21,22)14-8-5-4-6-9-14)17(20)19-15-10-7-11-18-13(15)3;/h12-16,18H,4-11H2,1-3H3,(H,19,20);1H. The van der Waals surface area contributed by atoms with Gasteiger partial charge in [-0.2, -0.15) is 0 Å². The average Bonchev–Trinajstić information content (AvgIpc) is 2.50. The molecule has 1 amide bonds. The van der Waals surface area contributed by atoms with Crippen molar-refractivity contribution >= 4 is 28.2 Å². The summed E-state index contributed by atoms with van der Waals surface area (Å²) in [7, 11) is -3.42. The molecule has 2 fully saturated rings. The fourth-order valence-electron chi connectivity index (χ4n) is 3.94. The first-order valence-electron chi connectivity index (χ1n) is 9.10. The lowest BCUT2D eigenvalue weighted by Crippen LogP contribution is -2.56. The Labute approximate surface area is 153 Å². The van der Waals surface area contributed by atoms with Crippen molar-refractivity contribution in [3.05, 3.63) is 0 Å². The van der Waals surface area contributed by atoms with Crippen LogP contribution in [-0.4, -0.2) is 43.5 Å². The molecule has 1 aliphatic carbocycles. The Morgan fingerprint density at radius 2 is 1.71 bits per heavy atom. The van der Waals surface area contributed by atoms with Crippen LogP contribution in [0.15, 0.2) is 0 Å². The molecule has 0 bridgehead atoms. The Hall–Kier alpha value is -0.330. The molecule has 1 aliphatic heterocycles. The molecule has 24 heavy (non-hydrogen) atoms. The summed E-state index contributed by atoms with van der Waals surface area (Å²) in [4.78, 5) is 12.8. The van der Waals surface area contributed by atoms with Crippen LogP contribution in [0.25, 0.3) is 0 Å². The number of carbonyl (C=O) groups is 1. The summed E-state index contributed by atoms with van der Waals surface area (Å²) in [6.07, 6.45) is 6.36. The SMILES string of the molecule is CC(C)C(C(=O)NC1CCCNC1C)S(=O)(=O)C1CCCCC1.Cl. The van der Waals surface area contributed by atoms with Crippen LogP contribution >= 0.6 is 12.4 Å². The van der Waals surface area contributed by atoms with Crippen LogP contribution in [0.4, 0.5) is 0 Å². The van der Waals surface area contributed by atoms with Gasteiger partial charge in [0, 0.05) is 12.1 Å². The molecule has 3 unspecified atom stereocenters. The minimum absolute atomic E-state index is 0. The second-order valence-electron chi connectivity index (χ2n) is 7.51. The van der Waals surface area contributed by atoms with Crippen LogP contribution < -0.4 is 10.6 Å². The minimum Gasteiger partial charge on any atom is -0.351 e. The van der Waals surface area contributed by atoms with E-state index in [0.29, 0.717) is 12.8 Å². The number of sulfone groups is 1. The lowest BCUT2D eigenvalue weighted by molar-refractivity contribution is -0.122. The Bertz CT molecular complexity index is 504. The van der Waals surface area contributed by atoms with Gasteiger partial charge in [-0.15, -0.1) is 12.4 Å². The topological polar surface area (TPSA) is 75.3 Å². The molecule has 2 N–H and O–H groups in total. The van der Waals surface area contributed by atoms with E-state index in [0.717, 1.165) is 38.6 Å². The minimum atomic E-state index is -3.42. The maximum absolute atomic E-state index is 13.0. The predicted molar refractivity (Wildman–Crippen MR) is 100 cm³/mol. The highest BCUT2D eigenvalue weighted by molar-refractivity contribution is 7.93. The van der Waals surface area contributed by atoms with E-state index in [1.54, 1.807) is 0 Å². The van der Waals surface area contributed by atoms with E-state index in [2.05, 4.69) is 10.6 Å². The molecule has 7 heteroatoms. The van der Waals surface area contributed by atoms with Gasteiger partial charge in [-0.25, -0.2) is 8.42 Å². The maximum Gasteiger partial charge on any atom is 0.238 e. The number of nitrogens with one attached hydrogen (secondary N) is 2. The highest BCUT2D eigenvalue weighted by Gasteiger charge is 2.42. The van der Waals surface area contributed by atoms with Crippen molar-refractivity contribution < 1.29 is 13.2 Å². The number of halogens is 1. The molecule has 1 heterocycles. The van der Waals surface area contributed by atoms with Gasteiger partial charge in [-0.05, 0) is 45.1 Å². The smallest absolute Gasteiger partial charge is 0.238 e. The first-order chi connectivity index (χ1) is 10.8. The Balaban J connectivity index is 0.00000288. The molecule has 2 aliphatic rings. The summed E-state index contributed by atoms with van der Waals surface area (Å²) in [6, 6.07) is 0.219. The molecule has 0 radical (unpaired) electrons. The number of rotatable bonds is 5. The van der Waals surface area contributed by atoms with Crippen molar-refractivity contribution in [1.82, 2.24) is 10.6 Å². The first kappa shape index (κ1) is 21.7. The largest absolute Gasteiger partial charge is 0.351 e. The Kier molecular flexibility index (Phi) is 8.50. The van der Waals surface area contributed by atoms with Gasteiger partial charge in [0.15, 0.2) is 9.84 Å². The molecule has 5 nitrogen and oxygen atoms in total. The predicted octanol–water partition coefficient (Wildman–Crippen LogP) is 2.44. The van der Waals surface area contributed by atoms with E-state index in [-0.39, 0.29) is 41.6 Å². The zero-order valence-electron chi connectivity index (χ0n) is 15.1. The van der Waals surface area contributed by atoms with Crippen LogP contribution in [-0.2, 0) is 14.6 Å². The van der Waals surface area contributed by atoms with Crippen molar-refractivity contribution in [1.29, 1.82) is 0 Å². The third-order valence-electron chi connectivity index (χ3n) is 5.32. The lowest BCUT2D eigenvalue weighted by atomic mass is 9.99. The molecule has 0 aromatic rings. The molecular formula is C17H33ClN2O3S. The quantitative estimate of drug-likeness (QED) is 0.768. The van der Waals surface area contributed by atoms with E-state index in [4.69, 9.17) is 0 Å². The van der Waals surface area contributed by atoms with Crippen LogP contribution in [0, 0.1) is 5.92 Å². The van der Waals surface area contributed by atoms with E-state index in [9.17, 15) is 13.2 Å². The zero-order valence-corrected chi connectivity index (χ0v) is 16.7. The summed E-state index contributed by atoms with van der Waals surface area (Å²) in [5.41, 5.74) is 0. The summed E-state index contributed by atoms with van der Waals surface area (Å²) >= 11 is 0. The van der Waals surface area contributed by atoms with Gasteiger partial charge in [-0.1, -0.05) is 33.1 Å². The molecule has 0 aromatic heterocycles. The van der Waals surface area contributed by atoms with Crippen LogP contribution in [0.1, 0.15) is 65.7 Å². The van der Waals surface area contributed by atoms with Crippen LogP contribution in [0.5, 0.6) is 0 Å². The number of piperidine rings is 1. The third-order valence-corrected chi connectivity index (χ3v) is 8.19. The van der Waals surface area contributed by atoms with Crippen molar-refractivity contribution in [2.45, 2.75) is 88.3 Å². The van der Waals surface area contributed by atoms with E-state index < -0.39 is 15.1 Å². The third kappa shape index (κ3) is 5.09. The van der Waals surface area contributed by atoms with Crippen molar-refractivity contribution in [2.75, 3.05) is 6.54 Å². The lowest BCUT2D eigenvalue weighted by Gasteiger charge is -2.33. The molecule has 2 rings (SSSR count). The monoisotopic (exact) mass is 380 g/mol. The van der Waals surface area contributed by atoms with Gasteiger partial charge < -0.3 is 10.6 Å². The second kappa shape index (κ2) is 9.39. The Morgan fingerprint density at radius 3 is 2.25 bits per heavy atom. The highest BCUT2D eigenvalue weighted by Crippen LogP contribution is 2.29. The van der Waals surface area contributed by atoms with Crippen molar-refractivity contribution in [3.63, 3.8) is 0 Å². The number of carbonyl (C=O) groups excluding carboxylic acids is 1. The summed E-state index contributed by atoms with van der Waals surface area (Å²) in [6.45, 7) is 6.69. The van der Waals surface area contributed by atoms with E-state index in [1.165, 1.54) is 0 Å². The normalized spacial score (nSPS) is 27.3. The number of hydrogen-bond donors (Lipinski definition) is 2. The molecule has 1 saturated carbocycles. The first-order valence-corrected chi connectivity index (χ1v) is 10.7. The molecule has 0 aromatic carbocycles. The molecule has 0 spiro atoms. The highest BCUT2D eigenvalue weighted by atomic mass is 35.5. The van der Waals surface area contributed by atoms with Gasteiger partial charge in [0.05, 0.1) is 5.25 Å². The van der Waals surface area contributed by atoms with Crippen molar-refractivity contribution in [2.24, 2.45) is 5.92 Å². The van der Waals surface area contributed by atoms with Crippen LogP contribution in [0.2, 0.25) is 0 Å². The number of hydrogen-bond acceptors (Lipinski definition) is 4. The fraction of sp³-hybridized carbons (Fsp3) is 0.941. The van der Waals surface area contributed by atoms with Gasteiger partial charge in [0.25, 0.3) is 0 Å². The number of amides is 1. The van der Waals surface area contributed by atoms with E-state index >= 15 is 0 Å². The molecule has 1 saturated heterocycles. The van der Waals surface area contributed by atoms with Crippen LogP contribution in [0.3, 0.4) is 0 Å². The summed E-state index contributed by atoms with van der Waals surface area (Å²) < 4.78 is 26.0. The van der Waals surface area contributed by atoms with Gasteiger partial charge >= 0.3 is 0 Å². The molecular weight excluding hydrogens is 348 g/mol.